The number of hydrogen-bond donors (Lipinski definition) is 2. The maximum absolute atomic E-state index is 11.7. The second-order valence-electron chi connectivity index (χ2n) is 6.68. The van der Waals surface area contributed by atoms with Crippen LogP contribution in [0, 0.1) is 11.8 Å². The predicted molar refractivity (Wildman–Crippen MR) is 111 cm³/mol. The Morgan fingerprint density at radius 2 is 1.17 bits per heavy atom. The highest BCUT2D eigenvalue weighted by Crippen LogP contribution is 2.28. The molecule has 30 heavy (non-hydrogen) atoms. The number of ether oxygens (including phenoxy) is 4. The molecule has 1 aliphatic rings. The van der Waals surface area contributed by atoms with Gasteiger partial charge in [0.25, 0.3) is 0 Å². The van der Waals surface area contributed by atoms with Crippen LogP contribution in [0.1, 0.15) is 28.5 Å². The fourth-order valence-corrected chi connectivity index (χ4v) is 3.00. The fraction of sp³-hybridized carbons (Fsp3) is 0.600. The maximum atomic E-state index is 11.7. The van der Waals surface area contributed by atoms with Crippen LogP contribution in [0.5, 0.6) is 0 Å². The van der Waals surface area contributed by atoms with E-state index in [0.717, 1.165) is 37.8 Å². The zero-order valence-electron chi connectivity index (χ0n) is 17.1. The summed E-state index contributed by atoms with van der Waals surface area (Å²) >= 11 is 0. The highest BCUT2D eigenvalue weighted by molar-refractivity contribution is 5.81. The Hall–Kier alpha value is -3.04. The van der Waals surface area contributed by atoms with Gasteiger partial charge in [-0.05, 0) is 31.1 Å². The van der Waals surface area contributed by atoms with Crippen molar-refractivity contribution >= 4 is 24.1 Å². The molecule has 0 heterocycles. The molecule has 2 amide bonds. The molecule has 172 valence electrons. The molecule has 10 heteroatoms. The minimum Gasteiger partial charge on any atom is -0.459 e. The number of nitrogens with one attached hydrogen (secondary N) is 2. The third kappa shape index (κ3) is 11.7. The van der Waals surface area contributed by atoms with Gasteiger partial charge in [0.1, 0.15) is 26.4 Å². The van der Waals surface area contributed by atoms with E-state index in [0.29, 0.717) is 13.1 Å². The molecule has 0 bridgehead atoms. The average molecular weight is 430 g/mol. The third-order valence-electron chi connectivity index (χ3n) is 4.42. The van der Waals surface area contributed by atoms with Gasteiger partial charge < -0.3 is 29.6 Å². The van der Waals surface area contributed by atoms with E-state index in [2.05, 4.69) is 23.8 Å². The van der Waals surface area contributed by atoms with Crippen molar-refractivity contribution < 1.29 is 41.0 Å². The first-order valence-electron chi connectivity index (χ1n) is 9.84. The van der Waals surface area contributed by atoms with Gasteiger partial charge in [0.05, 0.1) is 0 Å². The van der Waals surface area contributed by atoms with E-state index in [9.17, 15) is 19.2 Å². The summed E-state index contributed by atoms with van der Waals surface area (Å²) in [5.74, 6) is -0.571. The van der Waals surface area contributed by atoms with Crippen molar-refractivity contribution in [2.75, 3.05) is 39.5 Å². The van der Waals surface area contributed by atoms with Crippen molar-refractivity contribution in [1.29, 1.82) is 0 Å². The van der Waals surface area contributed by atoms with E-state index in [-0.39, 0.29) is 41.1 Å². The predicted octanol–water partition coefficient (Wildman–Crippen LogP) is 2.20. The Labute approximate surface area is 178 Å². The Bertz CT molecular complexity index is 568. The van der Waals surface area contributed by atoms with E-state index in [4.69, 9.17) is 18.9 Å². The molecule has 1 rings (SSSR count). The summed E-state index contributed by atoms with van der Waals surface area (Å²) in [6.07, 6.45) is 4.76. The van der Waals surface area contributed by atoms with Crippen molar-refractivity contribution in [3.8, 4) is 0 Å². The number of alkyl carbamates (subject to hydrolysis) is 2. The van der Waals surface area contributed by atoms with Gasteiger partial charge in [-0.3, -0.25) is 0 Å². The smallest absolute Gasteiger partial charge is 0.407 e. The molecule has 0 radical (unpaired) electrons. The zero-order chi connectivity index (χ0) is 22.2. The van der Waals surface area contributed by atoms with E-state index < -0.39 is 24.1 Å². The number of rotatable bonds is 12. The van der Waals surface area contributed by atoms with Gasteiger partial charge in [-0.25, -0.2) is 19.2 Å². The first kappa shape index (κ1) is 25.0. The molecular weight excluding hydrogens is 396 g/mol. The molecular formula is C20H34N2O8. The second-order valence-corrected chi connectivity index (χ2v) is 6.68. The minimum absolute atomic E-state index is 0. The van der Waals surface area contributed by atoms with Crippen molar-refractivity contribution in [3.05, 3.63) is 25.3 Å². The van der Waals surface area contributed by atoms with Crippen LogP contribution < -0.4 is 10.6 Å². The Kier molecular flexibility index (Phi) is 12.4. The molecule has 0 aliphatic heterocycles. The molecule has 2 atom stereocenters. The standard InChI is InChI=1S/C20H30N2O8.2H2/c1-3-17(23)27-8-10-29-19(25)21-13-15-6-5-7-16(12-15)14-22-20(26)30-11-9-28-18(24)4-2;;/h3-4,15-16H,1-2,5-14H2,(H,21,25)(H,22,26);2*1H. The van der Waals surface area contributed by atoms with Crippen LogP contribution in [-0.4, -0.2) is 63.6 Å². The highest BCUT2D eigenvalue weighted by Gasteiger charge is 2.23. The lowest BCUT2D eigenvalue weighted by atomic mass is 9.81. The lowest BCUT2D eigenvalue weighted by Gasteiger charge is -2.29. The Morgan fingerprint density at radius 3 is 1.57 bits per heavy atom. The topological polar surface area (TPSA) is 129 Å². The van der Waals surface area contributed by atoms with Gasteiger partial charge >= 0.3 is 24.1 Å². The first-order valence-corrected chi connectivity index (χ1v) is 9.84. The van der Waals surface area contributed by atoms with Crippen LogP contribution in [0.2, 0.25) is 0 Å². The van der Waals surface area contributed by atoms with Gasteiger partial charge in [0.15, 0.2) is 0 Å². The van der Waals surface area contributed by atoms with E-state index >= 15 is 0 Å². The summed E-state index contributed by atoms with van der Waals surface area (Å²) in [5.41, 5.74) is 0. The summed E-state index contributed by atoms with van der Waals surface area (Å²) in [6, 6.07) is 0. The van der Waals surface area contributed by atoms with Crippen LogP contribution in [0.3, 0.4) is 0 Å². The summed E-state index contributed by atoms with van der Waals surface area (Å²) < 4.78 is 19.3. The molecule has 0 aromatic heterocycles. The largest absolute Gasteiger partial charge is 0.459 e. The molecule has 1 saturated carbocycles. The molecule has 1 fully saturated rings. The summed E-state index contributed by atoms with van der Waals surface area (Å²) in [7, 11) is 0. The lowest BCUT2D eigenvalue weighted by molar-refractivity contribution is -0.139. The van der Waals surface area contributed by atoms with Gasteiger partial charge in [-0.2, -0.15) is 0 Å². The van der Waals surface area contributed by atoms with Crippen LogP contribution in [-0.2, 0) is 28.5 Å². The normalized spacial score (nSPS) is 17.7. The number of carbonyl (C=O) groups excluding carboxylic acids is 4. The molecule has 2 unspecified atom stereocenters. The van der Waals surface area contributed by atoms with Crippen LogP contribution in [0.25, 0.3) is 0 Å². The lowest BCUT2D eigenvalue weighted by Crippen LogP contribution is -2.36. The van der Waals surface area contributed by atoms with E-state index in [1.54, 1.807) is 0 Å². The minimum atomic E-state index is -0.569. The number of hydrogen-bond acceptors (Lipinski definition) is 8. The first-order chi connectivity index (χ1) is 14.4. The Morgan fingerprint density at radius 1 is 0.767 bits per heavy atom. The van der Waals surface area contributed by atoms with E-state index in [1.807, 2.05) is 0 Å². The van der Waals surface area contributed by atoms with Crippen LogP contribution in [0.4, 0.5) is 9.59 Å². The van der Waals surface area contributed by atoms with Crippen molar-refractivity contribution in [2.45, 2.75) is 25.7 Å². The highest BCUT2D eigenvalue weighted by atomic mass is 16.6. The molecule has 1 aliphatic carbocycles. The van der Waals surface area contributed by atoms with Gasteiger partial charge in [0, 0.05) is 28.1 Å². The molecule has 0 aromatic carbocycles. The number of esters is 2. The fourth-order valence-electron chi connectivity index (χ4n) is 3.00. The molecule has 2 N–H and O–H groups in total. The van der Waals surface area contributed by atoms with Gasteiger partial charge in [0.2, 0.25) is 0 Å². The SMILES string of the molecule is C=CC(=O)OCCOC(=O)NCC1CCCC(CNC(=O)OCCOC(=O)C=C)C1.[HH].[HH]. The monoisotopic (exact) mass is 430 g/mol. The molecule has 0 spiro atoms. The molecule has 0 aromatic rings. The molecule has 10 nitrogen and oxygen atoms in total. The van der Waals surface area contributed by atoms with Crippen LogP contribution >= 0.6 is 0 Å². The summed E-state index contributed by atoms with van der Waals surface area (Å²) in [5, 5.41) is 5.41. The van der Waals surface area contributed by atoms with Crippen molar-refractivity contribution in [1.82, 2.24) is 10.6 Å². The Balaban J connectivity index is 0. The van der Waals surface area contributed by atoms with Crippen LogP contribution in [0.15, 0.2) is 25.3 Å². The van der Waals surface area contributed by atoms with Gasteiger partial charge in [-0.15, -0.1) is 0 Å². The van der Waals surface area contributed by atoms with E-state index in [1.165, 1.54) is 0 Å². The third-order valence-corrected chi connectivity index (χ3v) is 4.42. The quantitative estimate of drug-likeness (QED) is 0.209. The second kappa shape index (κ2) is 14.9. The molecule has 0 saturated heterocycles. The van der Waals surface area contributed by atoms with Gasteiger partial charge in [-0.1, -0.05) is 19.6 Å². The zero-order valence-corrected chi connectivity index (χ0v) is 17.1. The summed E-state index contributed by atoms with van der Waals surface area (Å²) in [4.78, 5) is 45.1. The van der Waals surface area contributed by atoms with Crippen molar-refractivity contribution in [2.24, 2.45) is 11.8 Å². The number of carbonyl (C=O) groups is 4. The average Bonchev–Trinajstić information content (AvgIpc) is 2.76. The van der Waals surface area contributed by atoms with Crippen molar-refractivity contribution in [3.63, 3.8) is 0 Å². The maximum Gasteiger partial charge on any atom is 0.407 e. The number of amides is 2. The summed E-state index contributed by atoms with van der Waals surface area (Å²) in [6.45, 7) is 7.37.